The van der Waals surface area contributed by atoms with E-state index in [1.807, 2.05) is 30.3 Å². The molecule has 0 heterocycles. The maximum Gasteiger partial charge on any atom is 0.342 e. The molecule has 0 aliphatic carbocycles. The second-order valence-electron chi connectivity index (χ2n) is 3.98. The number of para-hydroxylation sites is 1. The lowest BCUT2D eigenvalue weighted by atomic mass is 10.1. The number of hydrogen-bond acceptors (Lipinski definition) is 3. The summed E-state index contributed by atoms with van der Waals surface area (Å²) >= 11 is 0. The summed E-state index contributed by atoms with van der Waals surface area (Å²) in [6.45, 7) is 1.80. The topological polar surface area (TPSA) is 46.5 Å². The first-order valence-corrected chi connectivity index (χ1v) is 5.72. The van der Waals surface area contributed by atoms with Crippen LogP contribution >= 0.6 is 0 Å². The summed E-state index contributed by atoms with van der Waals surface area (Å²) in [5.41, 5.74) is 1.10. The zero-order valence-electron chi connectivity index (χ0n) is 10.0. The van der Waals surface area contributed by atoms with Gasteiger partial charge in [0.05, 0.1) is 0 Å². The highest BCUT2D eigenvalue weighted by molar-refractivity contribution is 5.92. The van der Waals surface area contributed by atoms with Gasteiger partial charge < -0.3 is 9.84 Å². The first-order valence-electron chi connectivity index (χ1n) is 5.72. The molecule has 0 aromatic heterocycles. The zero-order chi connectivity index (χ0) is 13.0. The fourth-order valence-electron chi connectivity index (χ4n) is 1.66. The van der Waals surface area contributed by atoms with Crippen molar-refractivity contribution in [3.8, 4) is 5.75 Å². The highest BCUT2D eigenvalue weighted by Gasteiger charge is 2.16. The molecule has 3 heteroatoms. The molecule has 0 fully saturated rings. The molecule has 1 N–H and O–H groups in total. The Morgan fingerprint density at radius 3 is 2.33 bits per heavy atom. The van der Waals surface area contributed by atoms with Gasteiger partial charge in [0.2, 0.25) is 0 Å². The second kappa shape index (κ2) is 5.36. The van der Waals surface area contributed by atoms with Crippen LogP contribution in [0.25, 0.3) is 0 Å². The zero-order valence-corrected chi connectivity index (χ0v) is 10.0. The molecule has 2 rings (SSSR count). The van der Waals surface area contributed by atoms with Gasteiger partial charge in [0.1, 0.15) is 17.4 Å². The predicted octanol–water partition coefficient (Wildman–Crippen LogP) is 3.31. The van der Waals surface area contributed by atoms with E-state index in [-0.39, 0.29) is 17.4 Å². The smallest absolute Gasteiger partial charge is 0.342 e. The molecule has 1 atom stereocenters. The molecule has 0 saturated heterocycles. The molecule has 0 saturated carbocycles. The van der Waals surface area contributed by atoms with Crippen LogP contribution in [0.3, 0.4) is 0 Å². The molecule has 18 heavy (non-hydrogen) atoms. The summed E-state index contributed by atoms with van der Waals surface area (Å²) in [7, 11) is 0. The number of carbonyl (C=O) groups is 1. The Kier molecular flexibility index (Phi) is 3.63. The molecular weight excluding hydrogens is 228 g/mol. The molecular formula is C15H14O3. The number of phenolic OH excluding ortho intramolecular Hbond substituents is 1. The van der Waals surface area contributed by atoms with Crippen molar-refractivity contribution in [1.82, 2.24) is 0 Å². The van der Waals surface area contributed by atoms with Gasteiger partial charge in [0.15, 0.2) is 0 Å². The van der Waals surface area contributed by atoms with Crippen LogP contribution in [0.15, 0.2) is 54.6 Å². The van der Waals surface area contributed by atoms with Gasteiger partial charge in [-0.15, -0.1) is 0 Å². The number of hydrogen-bond donors (Lipinski definition) is 1. The lowest BCUT2D eigenvalue weighted by molar-refractivity contribution is 0.0334. The van der Waals surface area contributed by atoms with E-state index in [4.69, 9.17) is 4.74 Å². The Labute approximate surface area is 106 Å². The molecule has 3 nitrogen and oxygen atoms in total. The Balaban J connectivity index is 2.11. The van der Waals surface area contributed by atoms with Gasteiger partial charge in [-0.05, 0) is 24.6 Å². The summed E-state index contributed by atoms with van der Waals surface area (Å²) in [6, 6.07) is 15.8. The van der Waals surface area contributed by atoms with Gasteiger partial charge in [-0.1, -0.05) is 42.5 Å². The standard InChI is InChI=1S/C15H14O3/c1-11(12-7-3-2-4-8-12)18-15(17)13-9-5-6-10-14(13)16/h2-11,16H,1H3. The number of esters is 1. The van der Waals surface area contributed by atoms with Crippen molar-refractivity contribution in [3.63, 3.8) is 0 Å². The highest BCUT2D eigenvalue weighted by Crippen LogP contribution is 2.22. The van der Waals surface area contributed by atoms with Gasteiger partial charge in [-0.25, -0.2) is 4.79 Å². The second-order valence-corrected chi connectivity index (χ2v) is 3.98. The minimum Gasteiger partial charge on any atom is -0.507 e. The van der Waals surface area contributed by atoms with Crippen molar-refractivity contribution < 1.29 is 14.6 Å². The first kappa shape index (κ1) is 12.2. The molecule has 2 aromatic rings. The molecule has 0 spiro atoms. The van der Waals surface area contributed by atoms with Gasteiger partial charge in [-0.2, -0.15) is 0 Å². The van der Waals surface area contributed by atoms with E-state index in [2.05, 4.69) is 0 Å². The van der Waals surface area contributed by atoms with E-state index in [0.717, 1.165) is 5.56 Å². The summed E-state index contributed by atoms with van der Waals surface area (Å²) in [6.07, 6.45) is -0.349. The third kappa shape index (κ3) is 2.69. The fourth-order valence-corrected chi connectivity index (χ4v) is 1.66. The Morgan fingerprint density at radius 1 is 1.06 bits per heavy atom. The number of ether oxygens (including phenoxy) is 1. The van der Waals surface area contributed by atoms with Gasteiger partial charge >= 0.3 is 5.97 Å². The lowest BCUT2D eigenvalue weighted by Gasteiger charge is -2.13. The largest absolute Gasteiger partial charge is 0.507 e. The van der Waals surface area contributed by atoms with Crippen LogP contribution in [0, 0.1) is 0 Å². The van der Waals surface area contributed by atoms with Crippen molar-refractivity contribution in [2.24, 2.45) is 0 Å². The summed E-state index contributed by atoms with van der Waals surface area (Å²) in [5, 5.41) is 9.56. The van der Waals surface area contributed by atoms with Crippen LogP contribution in [0.5, 0.6) is 5.75 Å². The van der Waals surface area contributed by atoms with Gasteiger partial charge in [0.25, 0.3) is 0 Å². The highest BCUT2D eigenvalue weighted by atomic mass is 16.5. The van der Waals surface area contributed by atoms with Gasteiger partial charge in [-0.3, -0.25) is 0 Å². The Hall–Kier alpha value is -2.29. The fraction of sp³-hybridized carbons (Fsp3) is 0.133. The van der Waals surface area contributed by atoms with E-state index >= 15 is 0 Å². The molecule has 2 aromatic carbocycles. The predicted molar refractivity (Wildman–Crippen MR) is 68.4 cm³/mol. The Morgan fingerprint density at radius 2 is 1.67 bits per heavy atom. The monoisotopic (exact) mass is 242 g/mol. The van der Waals surface area contributed by atoms with Crippen molar-refractivity contribution >= 4 is 5.97 Å². The molecule has 0 radical (unpaired) electrons. The van der Waals surface area contributed by atoms with E-state index in [1.54, 1.807) is 19.1 Å². The van der Waals surface area contributed by atoms with Crippen LogP contribution in [0.4, 0.5) is 0 Å². The maximum atomic E-state index is 11.9. The number of aromatic hydroxyl groups is 1. The third-order valence-corrected chi connectivity index (χ3v) is 2.68. The number of phenols is 1. The van der Waals surface area contributed by atoms with Crippen LogP contribution in [0.2, 0.25) is 0 Å². The SMILES string of the molecule is CC(OC(=O)c1ccccc1O)c1ccccc1. The molecule has 0 bridgehead atoms. The van der Waals surface area contributed by atoms with Crippen molar-refractivity contribution in [1.29, 1.82) is 0 Å². The molecule has 92 valence electrons. The number of benzene rings is 2. The minimum atomic E-state index is -0.524. The van der Waals surface area contributed by atoms with E-state index in [0.29, 0.717) is 0 Å². The Bertz CT molecular complexity index is 534. The first-order chi connectivity index (χ1) is 8.68. The molecule has 1 unspecified atom stereocenters. The number of rotatable bonds is 3. The van der Waals surface area contributed by atoms with Crippen LogP contribution in [0.1, 0.15) is 28.9 Å². The third-order valence-electron chi connectivity index (χ3n) is 2.68. The van der Waals surface area contributed by atoms with E-state index in [9.17, 15) is 9.90 Å². The van der Waals surface area contributed by atoms with Crippen molar-refractivity contribution in [2.45, 2.75) is 13.0 Å². The van der Waals surface area contributed by atoms with Crippen molar-refractivity contribution in [2.75, 3.05) is 0 Å². The van der Waals surface area contributed by atoms with Crippen LogP contribution in [-0.4, -0.2) is 11.1 Å². The van der Waals surface area contributed by atoms with Gasteiger partial charge in [0, 0.05) is 0 Å². The molecule has 0 aliphatic rings. The summed E-state index contributed by atoms with van der Waals surface area (Å²) in [5.74, 6) is -0.591. The van der Waals surface area contributed by atoms with Crippen LogP contribution < -0.4 is 0 Å². The normalized spacial score (nSPS) is 11.8. The average molecular weight is 242 g/mol. The molecule has 0 aliphatic heterocycles. The van der Waals surface area contributed by atoms with Crippen LogP contribution in [-0.2, 0) is 4.74 Å². The maximum absolute atomic E-state index is 11.9. The molecule has 0 amide bonds. The average Bonchev–Trinajstić information content (AvgIpc) is 2.40. The summed E-state index contributed by atoms with van der Waals surface area (Å²) in [4.78, 5) is 11.9. The minimum absolute atomic E-state index is 0.0669. The summed E-state index contributed by atoms with van der Waals surface area (Å²) < 4.78 is 5.30. The number of carbonyl (C=O) groups excluding carboxylic acids is 1. The lowest BCUT2D eigenvalue weighted by Crippen LogP contribution is -2.09. The van der Waals surface area contributed by atoms with E-state index < -0.39 is 5.97 Å². The van der Waals surface area contributed by atoms with E-state index in [1.165, 1.54) is 12.1 Å². The quantitative estimate of drug-likeness (QED) is 0.840. The van der Waals surface area contributed by atoms with Crippen molar-refractivity contribution in [3.05, 3.63) is 65.7 Å².